The Morgan fingerprint density at radius 3 is 2.33 bits per heavy atom. The van der Waals surface area contributed by atoms with E-state index in [4.69, 9.17) is 4.74 Å². The van der Waals surface area contributed by atoms with Gasteiger partial charge in [-0.1, -0.05) is 36.7 Å². The molecule has 1 saturated carbocycles. The molecule has 1 unspecified atom stereocenters. The second kappa shape index (κ2) is 9.40. The molecule has 1 atom stereocenters. The van der Waals surface area contributed by atoms with Gasteiger partial charge in [-0.25, -0.2) is 4.79 Å². The molecule has 6 heteroatoms. The number of methoxy groups -OCH3 is 1. The van der Waals surface area contributed by atoms with Crippen molar-refractivity contribution in [2.45, 2.75) is 59.4 Å². The van der Waals surface area contributed by atoms with E-state index in [1.54, 1.807) is 6.92 Å². The van der Waals surface area contributed by atoms with Crippen molar-refractivity contribution >= 4 is 34.4 Å². The Balaban J connectivity index is 2.27. The van der Waals surface area contributed by atoms with E-state index in [9.17, 15) is 14.4 Å². The van der Waals surface area contributed by atoms with Crippen molar-refractivity contribution in [3.8, 4) is 0 Å². The lowest BCUT2D eigenvalue weighted by Crippen LogP contribution is -2.46. The number of amides is 1. The first-order valence-electron chi connectivity index (χ1n) is 9.41. The van der Waals surface area contributed by atoms with Gasteiger partial charge in [0.25, 0.3) is 0 Å². The van der Waals surface area contributed by atoms with Gasteiger partial charge >= 0.3 is 5.97 Å². The summed E-state index contributed by atoms with van der Waals surface area (Å²) < 4.78 is 4.87. The lowest BCUT2D eigenvalue weighted by molar-refractivity contribution is -0.142. The van der Waals surface area contributed by atoms with Crippen molar-refractivity contribution in [1.82, 2.24) is 0 Å². The molecule has 0 heterocycles. The van der Waals surface area contributed by atoms with E-state index in [0.29, 0.717) is 0 Å². The third-order valence-corrected chi connectivity index (χ3v) is 6.38. The fourth-order valence-electron chi connectivity index (χ4n) is 3.60. The maximum absolute atomic E-state index is 13.1. The number of carbonyl (C=O) groups excluding carboxylic acids is 3. The van der Waals surface area contributed by atoms with Gasteiger partial charge in [0.2, 0.25) is 5.91 Å². The van der Waals surface area contributed by atoms with Crippen molar-refractivity contribution < 1.29 is 19.1 Å². The third kappa shape index (κ3) is 4.92. The van der Waals surface area contributed by atoms with Crippen LogP contribution in [0, 0.1) is 26.7 Å². The first-order chi connectivity index (χ1) is 12.8. The number of rotatable bonds is 6. The summed E-state index contributed by atoms with van der Waals surface area (Å²) in [5.41, 5.74) is 3.63. The predicted octanol–water partition coefficient (Wildman–Crippen LogP) is 3.96. The van der Waals surface area contributed by atoms with Crippen LogP contribution in [0.5, 0.6) is 0 Å². The van der Waals surface area contributed by atoms with E-state index < -0.39 is 12.0 Å². The van der Waals surface area contributed by atoms with Gasteiger partial charge in [-0.2, -0.15) is 0 Å². The highest BCUT2D eigenvalue weighted by atomic mass is 32.2. The Labute approximate surface area is 165 Å². The summed E-state index contributed by atoms with van der Waals surface area (Å²) in [6.45, 7) is 7.50. The fraction of sp³-hybridized carbons (Fsp3) is 0.571. The molecule has 1 aliphatic carbocycles. The minimum Gasteiger partial charge on any atom is -0.467 e. The van der Waals surface area contributed by atoms with Gasteiger partial charge in [0, 0.05) is 5.92 Å². The van der Waals surface area contributed by atoms with Crippen LogP contribution >= 0.6 is 11.8 Å². The number of esters is 1. The highest BCUT2D eigenvalue weighted by molar-refractivity contribution is 8.14. The predicted molar refractivity (Wildman–Crippen MR) is 109 cm³/mol. The molecule has 0 aliphatic heterocycles. The summed E-state index contributed by atoms with van der Waals surface area (Å²) in [5, 5.41) is 0.0872. The topological polar surface area (TPSA) is 63.7 Å². The van der Waals surface area contributed by atoms with Gasteiger partial charge in [-0.15, -0.1) is 0 Å². The Morgan fingerprint density at radius 2 is 1.74 bits per heavy atom. The maximum Gasteiger partial charge on any atom is 0.328 e. The van der Waals surface area contributed by atoms with Crippen molar-refractivity contribution in [2.75, 3.05) is 17.8 Å². The molecule has 27 heavy (non-hydrogen) atoms. The molecule has 0 bridgehead atoms. The smallest absolute Gasteiger partial charge is 0.328 e. The largest absolute Gasteiger partial charge is 0.467 e. The fourth-order valence-corrected chi connectivity index (χ4v) is 4.48. The van der Waals surface area contributed by atoms with Crippen LogP contribution in [0.3, 0.4) is 0 Å². The Morgan fingerprint density at radius 1 is 1.15 bits per heavy atom. The normalized spacial score (nSPS) is 15.4. The van der Waals surface area contributed by atoms with Crippen molar-refractivity contribution in [3.05, 3.63) is 28.8 Å². The standard InChI is InChI=1S/C21H29NO4S/c1-13-10-11-14(2)19(15(13)3)22(16(4)20(24)26-5)18(23)12-27-21(25)17-8-6-7-9-17/h10-11,16-17H,6-9,12H2,1-5H3. The van der Waals surface area contributed by atoms with Gasteiger partial charge in [-0.3, -0.25) is 14.5 Å². The quantitative estimate of drug-likeness (QED) is 0.687. The van der Waals surface area contributed by atoms with E-state index in [1.807, 2.05) is 32.9 Å². The van der Waals surface area contributed by atoms with Crippen LogP contribution in [0.2, 0.25) is 0 Å². The molecule has 0 spiro atoms. The van der Waals surface area contributed by atoms with Crippen LogP contribution in [-0.2, 0) is 19.1 Å². The minimum absolute atomic E-state index is 0.0312. The van der Waals surface area contributed by atoms with Crippen LogP contribution in [0.15, 0.2) is 12.1 Å². The number of nitrogens with zero attached hydrogens (tertiary/aromatic N) is 1. The summed E-state index contributed by atoms with van der Waals surface area (Å²) in [4.78, 5) is 39.1. The van der Waals surface area contributed by atoms with E-state index in [2.05, 4.69) is 0 Å². The van der Waals surface area contributed by atoms with E-state index in [-0.39, 0.29) is 22.7 Å². The Hall–Kier alpha value is -1.82. The van der Waals surface area contributed by atoms with Crippen LogP contribution < -0.4 is 4.90 Å². The van der Waals surface area contributed by atoms with Gasteiger partial charge in [0.1, 0.15) is 6.04 Å². The SMILES string of the molecule is COC(=O)C(C)N(C(=O)CSC(=O)C1CCCC1)c1c(C)ccc(C)c1C. The average Bonchev–Trinajstić information content (AvgIpc) is 3.19. The molecule has 0 saturated heterocycles. The van der Waals surface area contributed by atoms with Gasteiger partial charge < -0.3 is 4.74 Å². The van der Waals surface area contributed by atoms with Crippen LogP contribution in [-0.4, -0.2) is 35.9 Å². The van der Waals surface area contributed by atoms with Crippen molar-refractivity contribution in [2.24, 2.45) is 5.92 Å². The number of carbonyl (C=O) groups is 3. The summed E-state index contributed by atoms with van der Waals surface area (Å²) in [6, 6.07) is 3.18. The molecule has 1 amide bonds. The number of hydrogen-bond donors (Lipinski definition) is 0. The van der Waals surface area contributed by atoms with E-state index >= 15 is 0 Å². The summed E-state index contributed by atoms with van der Waals surface area (Å²) in [7, 11) is 1.32. The second-order valence-corrected chi connectivity index (χ2v) is 8.20. The lowest BCUT2D eigenvalue weighted by Gasteiger charge is -2.31. The third-order valence-electron chi connectivity index (χ3n) is 5.37. The van der Waals surface area contributed by atoms with Crippen LogP contribution in [0.4, 0.5) is 5.69 Å². The molecular weight excluding hydrogens is 362 g/mol. The van der Waals surface area contributed by atoms with Gasteiger partial charge in [0.05, 0.1) is 18.6 Å². The highest BCUT2D eigenvalue weighted by Crippen LogP contribution is 2.32. The second-order valence-electron chi connectivity index (χ2n) is 7.22. The Bertz CT molecular complexity index is 725. The summed E-state index contributed by atoms with van der Waals surface area (Å²) in [5.74, 6) is -0.628. The molecule has 1 aromatic rings. The lowest BCUT2D eigenvalue weighted by atomic mass is 10.0. The highest BCUT2D eigenvalue weighted by Gasteiger charge is 2.32. The first-order valence-corrected chi connectivity index (χ1v) is 10.4. The molecule has 0 N–H and O–H groups in total. The zero-order valence-corrected chi connectivity index (χ0v) is 17.6. The monoisotopic (exact) mass is 391 g/mol. The zero-order valence-electron chi connectivity index (χ0n) is 16.8. The number of thioether (sulfide) groups is 1. The van der Waals surface area contributed by atoms with E-state index in [0.717, 1.165) is 59.8 Å². The van der Waals surface area contributed by atoms with Crippen LogP contribution in [0.25, 0.3) is 0 Å². The molecule has 1 fully saturated rings. The summed E-state index contributed by atoms with van der Waals surface area (Å²) >= 11 is 1.08. The molecule has 0 aromatic heterocycles. The molecule has 1 aliphatic rings. The summed E-state index contributed by atoms with van der Waals surface area (Å²) in [6.07, 6.45) is 3.99. The van der Waals surface area contributed by atoms with Crippen molar-refractivity contribution in [3.63, 3.8) is 0 Å². The molecular formula is C21H29NO4S. The number of ether oxygens (including phenoxy) is 1. The van der Waals surface area contributed by atoms with Gasteiger partial charge in [-0.05, 0) is 57.2 Å². The number of hydrogen-bond acceptors (Lipinski definition) is 5. The molecule has 2 rings (SSSR count). The first kappa shape index (κ1) is 21.5. The van der Waals surface area contributed by atoms with Gasteiger partial charge in [0.15, 0.2) is 5.12 Å². The molecule has 5 nitrogen and oxygen atoms in total. The zero-order chi connectivity index (χ0) is 20.1. The Kier molecular flexibility index (Phi) is 7.48. The average molecular weight is 392 g/mol. The van der Waals surface area contributed by atoms with Crippen LogP contribution in [0.1, 0.15) is 49.3 Å². The molecule has 0 radical (unpaired) electrons. The number of aryl methyl sites for hydroxylation is 2. The number of benzene rings is 1. The van der Waals surface area contributed by atoms with Crippen molar-refractivity contribution in [1.29, 1.82) is 0 Å². The number of anilines is 1. The molecule has 148 valence electrons. The van der Waals surface area contributed by atoms with E-state index in [1.165, 1.54) is 12.0 Å². The molecule has 1 aromatic carbocycles. The minimum atomic E-state index is -0.760. The maximum atomic E-state index is 13.1.